The molecule has 0 saturated carbocycles. The van der Waals surface area contributed by atoms with E-state index >= 15 is 0 Å². The van der Waals surface area contributed by atoms with E-state index in [0.29, 0.717) is 17.3 Å². The highest BCUT2D eigenvalue weighted by Gasteiger charge is 2.19. The first-order valence-electron chi connectivity index (χ1n) is 8.75. The van der Waals surface area contributed by atoms with Crippen LogP contribution in [0.4, 0.5) is 10.5 Å². The molecular formula is C18H28ClN4O3+. The minimum atomic E-state index is -0.515. The standard InChI is InChI=1S/C18H27ClN4O3/c1-5-13(4)20-18(26)22-17(25)11-23(6-2)10-16(24)21-15-9-14(19)8-7-12(15)3/h7-9,13H,5-6,10-11H2,1-4H3,(H,21,24)(H2,20,22,25,26)/p+1/t13-/m0/s1. The predicted molar refractivity (Wildman–Crippen MR) is 102 cm³/mol. The normalized spacial score (nSPS) is 12.8. The molecular weight excluding hydrogens is 356 g/mol. The zero-order valence-electron chi connectivity index (χ0n) is 15.7. The number of amides is 4. The van der Waals surface area contributed by atoms with Gasteiger partial charge in [0.15, 0.2) is 13.1 Å². The molecule has 144 valence electrons. The number of quaternary nitrogens is 1. The Morgan fingerprint density at radius 1 is 1.15 bits per heavy atom. The fourth-order valence-electron chi connectivity index (χ4n) is 2.22. The first-order chi connectivity index (χ1) is 12.2. The number of likely N-dealkylation sites (N-methyl/N-ethyl adjacent to an activating group) is 1. The Bertz CT molecular complexity index is 651. The highest BCUT2D eigenvalue weighted by atomic mass is 35.5. The van der Waals surface area contributed by atoms with Gasteiger partial charge in [0, 0.05) is 16.8 Å². The lowest BCUT2D eigenvalue weighted by Crippen LogP contribution is -3.14. The van der Waals surface area contributed by atoms with Gasteiger partial charge in [-0.15, -0.1) is 0 Å². The molecule has 0 aliphatic rings. The number of carbonyl (C=O) groups is 3. The Labute approximate surface area is 159 Å². The van der Waals surface area contributed by atoms with Crippen molar-refractivity contribution < 1.29 is 19.3 Å². The van der Waals surface area contributed by atoms with Gasteiger partial charge in [-0.05, 0) is 44.9 Å². The maximum absolute atomic E-state index is 12.2. The first kappa shape index (κ1) is 21.9. The number of rotatable bonds is 8. The van der Waals surface area contributed by atoms with E-state index in [2.05, 4.69) is 16.0 Å². The highest BCUT2D eigenvalue weighted by molar-refractivity contribution is 6.31. The van der Waals surface area contributed by atoms with Crippen molar-refractivity contribution >= 4 is 35.1 Å². The van der Waals surface area contributed by atoms with Crippen molar-refractivity contribution in [3.63, 3.8) is 0 Å². The van der Waals surface area contributed by atoms with Gasteiger partial charge in [-0.2, -0.15) is 0 Å². The largest absolute Gasteiger partial charge is 0.335 e. The summed E-state index contributed by atoms with van der Waals surface area (Å²) in [7, 11) is 0. The molecule has 1 aromatic rings. The van der Waals surface area contributed by atoms with Crippen LogP contribution in [0.15, 0.2) is 18.2 Å². The third-order valence-corrected chi connectivity index (χ3v) is 4.27. The molecule has 0 aliphatic heterocycles. The molecule has 0 saturated heterocycles. The van der Waals surface area contributed by atoms with Crippen molar-refractivity contribution in [2.75, 3.05) is 25.0 Å². The van der Waals surface area contributed by atoms with E-state index in [1.165, 1.54) is 0 Å². The SMILES string of the molecule is CC[C@H](C)NC(=O)NC(=O)C[NH+](CC)CC(=O)Nc1cc(Cl)ccc1C. The molecule has 26 heavy (non-hydrogen) atoms. The number of hydrogen-bond acceptors (Lipinski definition) is 3. The van der Waals surface area contributed by atoms with Gasteiger partial charge in [-0.3, -0.25) is 14.9 Å². The molecule has 8 heteroatoms. The first-order valence-corrected chi connectivity index (χ1v) is 9.12. The van der Waals surface area contributed by atoms with Gasteiger partial charge < -0.3 is 15.5 Å². The highest BCUT2D eigenvalue weighted by Crippen LogP contribution is 2.19. The molecule has 0 aromatic heterocycles. The number of urea groups is 1. The lowest BCUT2D eigenvalue weighted by atomic mass is 10.2. The lowest BCUT2D eigenvalue weighted by molar-refractivity contribution is -0.881. The minimum absolute atomic E-state index is 0.0101. The monoisotopic (exact) mass is 383 g/mol. The summed E-state index contributed by atoms with van der Waals surface area (Å²) in [4.78, 5) is 36.7. The molecule has 0 fully saturated rings. The Kier molecular flexibility index (Phi) is 9.09. The summed E-state index contributed by atoms with van der Waals surface area (Å²) < 4.78 is 0. The van der Waals surface area contributed by atoms with E-state index in [4.69, 9.17) is 11.6 Å². The third kappa shape index (κ3) is 7.84. The summed E-state index contributed by atoms with van der Waals surface area (Å²) in [5, 5.41) is 8.30. The fraction of sp³-hybridized carbons (Fsp3) is 0.500. The van der Waals surface area contributed by atoms with Crippen LogP contribution in [0.25, 0.3) is 0 Å². The number of benzene rings is 1. The molecule has 0 heterocycles. The van der Waals surface area contributed by atoms with E-state index in [-0.39, 0.29) is 25.0 Å². The second-order valence-electron chi connectivity index (χ2n) is 6.30. The zero-order chi connectivity index (χ0) is 19.7. The number of hydrogen-bond donors (Lipinski definition) is 4. The van der Waals surface area contributed by atoms with E-state index in [1.807, 2.05) is 33.8 Å². The molecule has 4 N–H and O–H groups in total. The van der Waals surface area contributed by atoms with Crippen LogP contribution in [0.1, 0.15) is 32.8 Å². The van der Waals surface area contributed by atoms with Crippen LogP contribution in [-0.2, 0) is 9.59 Å². The van der Waals surface area contributed by atoms with Crippen LogP contribution >= 0.6 is 11.6 Å². The predicted octanol–water partition coefficient (Wildman–Crippen LogP) is 1.12. The molecule has 2 atom stereocenters. The van der Waals surface area contributed by atoms with Gasteiger partial charge in [-0.1, -0.05) is 24.6 Å². The van der Waals surface area contributed by atoms with E-state index in [0.717, 1.165) is 16.9 Å². The Morgan fingerprint density at radius 3 is 2.42 bits per heavy atom. The number of imide groups is 1. The van der Waals surface area contributed by atoms with Crippen LogP contribution in [0, 0.1) is 6.92 Å². The molecule has 1 unspecified atom stereocenters. The Hall–Kier alpha value is -2.12. The minimum Gasteiger partial charge on any atom is -0.335 e. The second-order valence-corrected chi connectivity index (χ2v) is 6.73. The summed E-state index contributed by atoms with van der Waals surface area (Å²) in [6.45, 7) is 8.27. The van der Waals surface area contributed by atoms with Crippen molar-refractivity contribution in [3.8, 4) is 0 Å². The molecule has 1 aromatic carbocycles. The van der Waals surface area contributed by atoms with Crippen LogP contribution in [0.3, 0.4) is 0 Å². The van der Waals surface area contributed by atoms with Crippen LogP contribution in [0.2, 0.25) is 5.02 Å². The number of halogens is 1. The van der Waals surface area contributed by atoms with Crippen LogP contribution in [-0.4, -0.2) is 43.5 Å². The molecule has 7 nitrogen and oxygen atoms in total. The van der Waals surface area contributed by atoms with E-state index in [9.17, 15) is 14.4 Å². The van der Waals surface area contributed by atoms with Crippen molar-refractivity contribution in [2.24, 2.45) is 0 Å². The molecule has 1 rings (SSSR count). The number of aryl methyl sites for hydroxylation is 1. The average Bonchev–Trinajstić information content (AvgIpc) is 2.57. The van der Waals surface area contributed by atoms with Gasteiger partial charge in [-0.25, -0.2) is 4.79 Å². The maximum Gasteiger partial charge on any atom is 0.321 e. The maximum atomic E-state index is 12.2. The van der Waals surface area contributed by atoms with E-state index in [1.54, 1.807) is 12.1 Å². The van der Waals surface area contributed by atoms with Crippen LogP contribution < -0.4 is 20.9 Å². The summed E-state index contributed by atoms with van der Waals surface area (Å²) >= 11 is 5.95. The van der Waals surface area contributed by atoms with Gasteiger partial charge in [0.05, 0.1) is 6.54 Å². The van der Waals surface area contributed by atoms with Crippen molar-refractivity contribution in [1.82, 2.24) is 10.6 Å². The van der Waals surface area contributed by atoms with Crippen molar-refractivity contribution in [1.29, 1.82) is 0 Å². The van der Waals surface area contributed by atoms with E-state index < -0.39 is 11.9 Å². The molecule has 0 bridgehead atoms. The summed E-state index contributed by atoms with van der Waals surface area (Å²) in [5.41, 5.74) is 1.55. The summed E-state index contributed by atoms with van der Waals surface area (Å²) in [6.07, 6.45) is 0.775. The van der Waals surface area contributed by atoms with Gasteiger partial charge in [0.25, 0.3) is 11.8 Å². The number of nitrogens with one attached hydrogen (secondary N) is 4. The van der Waals surface area contributed by atoms with Gasteiger partial charge in [0.1, 0.15) is 0 Å². The third-order valence-electron chi connectivity index (χ3n) is 4.04. The van der Waals surface area contributed by atoms with Gasteiger partial charge >= 0.3 is 6.03 Å². The Balaban J connectivity index is 2.52. The second kappa shape index (κ2) is 10.8. The topological polar surface area (TPSA) is 91.7 Å². The Morgan fingerprint density at radius 2 is 1.81 bits per heavy atom. The molecule has 0 radical (unpaired) electrons. The van der Waals surface area contributed by atoms with Crippen molar-refractivity contribution in [2.45, 2.75) is 40.2 Å². The molecule has 0 aliphatic carbocycles. The average molecular weight is 384 g/mol. The number of carbonyl (C=O) groups excluding carboxylic acids is 3. The summed E-state index contributed by atoms with van der Waals surface area (Å²) in [6, 6.07) is 4.74. The summed E-state index contributed by atoms with van der Waals surface area (Å²) in [5.74, 6) is -0.640. The van der Waals surface area contributed by atoms with Crippen LogP contribution in [0.5, 0.6) is 0 Å². The molecule has 0 spiro atoms. The van der Waals surface area contributed by atoms with Gasteiger partial charge in [0.2, 0.25) is 0 Å². The smallest absolute Gasteiger partial charge is 0.321 e. The molecule has 4 amide bonds. The lowest BCUT2D eigenvalue weighted by Gasteiger charge is -2.18. The zero-order valence-corrected chi connectivity index (χ0v) is 16.5. The van der Waals surface area contributed by atoms with Crippen molar-refractivity contribution in [3.05, 3.63) is 28.8 Å². The quantitative estimate of drug-likeness (QED) is 0.542. The number of anilines is 1. The fourth-order valence-corrected chi connectivity index (χ4v) is 2.39.